The second-order valence-electron chi connectivity index (χ2n) is 5.96. The molecule has 1 aliphatic rings. The summed E-state index contributed by atoms with van der Waals surface area (Å²) in [4.78, 5) is 5.28. The van der Waals surface area contributed by atoms with Gasteiger partial charge < -0.3 is 10.6 Å². The van der Waals surface area contributed by atoms with E-state index in [1.807, 2.05) is 0 Å². The van der Waals surface area contributed by atoms with E-state index in [1.54, 1.807) is 0 Å². The number of nitrogens with two attached hydrogens (primary N) is 1. The van der Waals surface area contributed by atoms with Crippen LogP contribution in [0.3, 0.4) is 0 Å². The molecule has 2 N–H and O–H groups in total. The summed E-state index contributed by atoms with van der Waals surface area (Å²) in [6, 6.07) is 0.806. The number of hydrogen-bond acceptors (Lipinski definition) is 3. The predicted molar refractivity (Wildman–Crippen MR) is 84.5 cm³/mol. The van der Waals surface area contributed by atoms with Crippen LogP contribution in [0.5, 0.6) is 0 Å². The molecule has 3 heteroatoms. The summed E-state index contributed by atoms with van der Waals surface area (Å²) in [5.41, 5.74) is 5.67. The molecule has 0 bridgehead atoms. The van der Waals surface area contributed by atoms with Crippen molar-refractivity contribution in [1.82, 2.24) is 9.80 Å². The lowest BCUT2D eigenvalue weighted by Crippen LogP contribution is -2.37. The molecule has 2 unspecified atom stereocenters. The van der Waals surface area contributed by atoms with E-state index in [0.29, 0.717) is 0 Å². The molecule has 1 heterocycles. The smallest absolute Gasteiger partial charge is 0.0235 e. The molecule has 0 radical (unpaired) electrons. The summed E-state index contributed by atoms with van der Waals surface area (Å²) in [6.07, 6.45) is 6.57. The average Bonchev–Trinajstić information content (AvgIpc) is 2.88. The molecule has 0 aromatic rings. The van der Waals surface area contributed by atoms with Crippen molar-refractivity contribution in [3.8, 4) is 0 Å². The Morgan fingerprint density at radius 3 is 2.53 bits per heavy atom. The maximum absolute atomic E-state index is 5.67. The molecule has 1 saturated heterocycles. The number of nitrogens with zero attached hydrogens (tertiary/aromatic N) is 2. The summed E-state index contributed by atoms with van der Waals surface area (Å²) in [5.74, 6) is 0.853. The lowest BCUT2D eigenvalue weighted by atomic mass is 9.97. The van der Waals surface area contributed by atoms with Gasteiger partial charge in [-0.05, 0) is 64.3 Å². The molecule has 0 saturated carbocycles. The van der Waals surface area contributed by atoms with Crippen LogP contribution in [0.4, 0.5) is 0 Å². The van der Waals surface area contributed by atoms with Crippen LogP contribution in [0.1, 0.15) is 52.9 Å². The first-order valence-electron chi connectivity index (χ1n) is 8.41. The Kier molecular flexibility index (Phi) is 8.67. The maximum atomic E-state index is 5.67. The summed E-state index contributed by atoms with van der Waals surface area (Å²) in [5, 5.41) is 0. The fourth-order valence-corrected chi connectivity index (χ4v) is 3.45. The van der Waals surface area contributed by atoms with E-state index in [0.717, 1.165) is 18.5 Å². The molecule has 0 amide bonds. The van der Waals surface area contributed by atoms with Gasteiger partial charge in [-0.2, -0.15) is 0 Å². The highest BCUT2D eigenvalue weighted by atomic mass is 15.2. The molecule has 114 valence electrons. The zero-order chi connectivity index (χ0) is 14.1. The molecule has 19 heavy (non-hydrogen) atoms. The normalized spacial score (nSPS) is 22.3. The second-order valence-corrected chi connectivity index (χ2v) is 5.96. The first kappa shape index (κ1) is 16.9. The Bertz CT molecular complexity index is 216. The molecule has 0 aromatic heterocycles. The SMILES string of the molecule is CCC(CCN)CCCN1CCC(N(CC)CC)C1. The molecule has 1 rings (SSSR count). The zero-order valence-corrected chi connectivity index (χ0v) is 13.4. The summed E-state index contributed by atoms with van der Waals surface area (Å²) >= 11 is 0. The first-order valence-corrected chi connectivity index (χ1v) is 8.41. The number of hydrogen-bond donors (Lipinski definition) is 1. The lowest BCUT2D eigenvalue weighted by Gasteiger charge is -2.26. The highest BCUT2D eigenvalue weighted by Crippen LogP contribution is 2.18. The van der Waals surface area contributed by atoms with E-state index in [4.69, 9.17) is 5.73 Å². The molecule has 1 aliphatic heterocycles. The molecule has 0 aliphatic carbocycles. The predicted octanol–water partition coefficient (Wildman–Crippen LogP) is 2.56. The quantitative estimate of drug-likeness (QED) is 0.661. The maximum Gasteiger partial charge on any atom is 0.0235 e. The van der Waals surface area contributed by atoms with Gasteiger partial charge in [-0.1, -0.05) is 27.2 Å². The van der Waals surface area contributed by atoms with E-state index < -0.39 is 0 Å². The minimum Gasteiger partial charge on any atom is -0.330 e. The molecule has 3 nitrogen and oxygen atoms in total. The van der Waals surface area contributed by atoms with Crippen molar-refractivity contribution in [2.45, 2.75) is 58.9 Å². The van der Waals surface area contributed by atoms with Gasteiger partial charge in [0.15, 0.2) is 0 Å². The molecule has 0 spiro atoms. The van der Waals surface area contributed by atoms with E-state index in [1.165, 1.54) is 64.8 Å². The van der Waals surface area contributed by atoms with Crippen molar-refractivity contribution in [3.05, 3.63) is 0 Å². The number of likely N-dealkylation sites (tertiary alicyclic amines) is 1. The van der Waals surface area contributed by atoms with Crippen LogP contribution in [0.2, 0.25) is 0 Å². The van der Waals surface area contributed by atoms with Gasteiger partial charge in [0.25, 0.3) is 0 Å². The fraction of sp³-hybridized carbons (Fsp3) is 1.00. The minimum absolute atomic E-state index is 0.806. The Morgan fingerprint density at radius 1 is 1.21 bits per heavy atom. The zero-order valence-electron chi connectivity index (χ0n) is 13.4. The number of likely N-dealkylation sites (N-methyl/N-ethyl adjacent to an activating group) is 1. The molecular formula is C16H35N3. The van der Waals surface area contributed by atoms with E-state index >= 15 is 0 Å². The van der Waals surface area contributed by atoms with E-state index in [9.17, 15) is 0 Å². The first-order chi connectivity index (χ1) is 9.24. The third-order valence-electron chi connectivity index (χ3n) is 4.82. The average molecular weight is 269 g/mol. The van der Waals surface area contributed by atoms with Crippen molar-refractivity contribution < 1.29 is 0 Å². The van der Waals surface area contributed by atoms with E-state index in [2.05, 4.69) is 30.6 Å². The third kappa shape index (κ3) is 5.80. The van der Waals surface area contributed by atoms with Gasteiger partial charge in [0.1, 0.15) is 0 Å². The van der Waals surface area contributed by atoms with Gasteiger partial charge in [-0.15, -0.1) is 0 Å². The molecule has 1 fully saturated rings. The standard InChI is InChI=1S/C16H35N3/c1-4-15(9-11-17)8-7-12-18-13-10-16(14-18)19(5-2)6-3/h15-16H,4-14,17H2,1-3H3. The van der Waals surface area contributed by atoms with E-state index in [-0.39, 0.29) is 0 Å². The molecule has 2 atom stereocenters. The van der Waals surface area contributed by atoms with Gasteiger partial charge in [0.2, 0.25) is 0 Å². The van der Waals surface area contributed by atoms with Crippen molar-refractivity contribution in [3.63, 3.8) is 0 Å². The minimum atomic E-state index is 0.806. The monoisotopic (exact) mass is 269 g/mol. The Balaban J connectivity index is 2.18. The van der Waals surface area contributed by atoms with Crippen LogP contribution >= 0.6 is 0 Å². The highest BCUT2D eigenvalue weighted by molar-refractivity contribution is 4.82. The van der Waals surface area contributed by atoms with Crippen molar-refractivity contribution in [1.29, 1.82) is 0 Å². The van der Waals surface area contributed by atoms with Crippen LogP contribution < -0.4 is 5.73 Å². The molecule has 0 aromatic carbocycles. The number of rotatable bonds is 10. The van der Waals surface area contributed by atoms with Gasteiger partial charge in [-0.3, -0.25) is 4.90 Å². The second kappa shape index (κ2) is 9.73. The molecular weight excluding hydrogens is 234 g/mol. The summed E-state index contributed by atoms with van der Waals surface area (Å²) < 4.78 is 0. The van der Waals surface area contributed by atoms with Crippen LogP contribution in [0.15, 0.2) is 0 Å². The Labute approximate surface area is 120 Å². The highest BCUT2D eigenvalue weighted by Gasteiger charge is 2.25. The fourth-order valence-electron chi connectivity index (χ4n) is 3.45. The summed E-state index contributed by atoms with van der Waals surface area (Å²) in [6.45, 7) is 14.0. The van der Waals surface area contributed by atoms with Crippen molar-refractivity contribution in [2.24, 2.45) is 11.7 Å². The largest absolute Gasteiger partial charge is 0.330 e. The lowest BCUT2D eigenvalue weighted by molar-refractivity contribution is 0.208. The Hall–Kier alpha value is -0.120. The van der Waals surface area contributed by atoms with Crippen LogP contribution in [0.25, 0.3) is 0 Å². The van der Waals surface area contributed by atoms with Gasteiger partial charge >= 0.3 is 0 Å². The van der Waals surface area contributed by atoms with Crippen LogP contribution in [-0.4, -0.2) is 55.1 Å². The van der Waals surface area contributed by atoms with Gasteiger partial charge in [0.05, 0.1) is 0 Å². The van der Waals surface area contributed by atoms with Gasteiger partial charge in [-0.25, -0.2) is 0 Å². The van der Waals surface area contributed by atoms with Crippen LogP contribution in [-0.2, 0) is 0 Å². The summed E-state index contributed by atoms with van der Waals surface area (Å²) in [7, 11) is 0. The van der Waals surface area contributed by atoms with Crippen molar-refractivity contribution >= 4 is 0 Å². The third-order valence-corrected chi connectivity index (χ3v) is 4.82. The van der Waals surface area contributed by atoms with Gasteiger partial charge in [0, 0.05) is 12.6 Å². The van der Waals surface area contributed by atoms with Crippen molar-refractivity contribution in [2.75, 3.05) is 39.3 Å². The van der Waals surface area contributed by atoms with Crippen LogP contribution in [0, 0.1) is 5.92 Å². The Morgan fingerprint density at radius 2 is 1.95 bits per heavy atom. The topological polar surface area (TPSA) is 32.5 Å².